The van der Waals surface area contributed by atoms with Gasteiger partial charge in [-0.3, -0.25) is 0 Å². The van der Waals surface area contributed by atoms with Crippen molar-refractivity contribution in [3.05, 3.63) is 52.8 Å². The fourth-order valence-electron chi connectivity index (χ4n) is 1.76. The van der Waals surface area contributed by atoms with Crippen molar-refractivity contribution in [2.45, 2.75) is 6.92 Å². The van der Waals surface area contributed by atoms with Crippen LogP contribution in [0.15, 0.2) is 42.5 Å². The Labute approximate surface area is 111 Å². The Morgan fingerprint density at radius 2 is 1.94 bits per heavy atom. The summed E-state index contributed by atoms with van der Waals surface area (Å²) >= 11 is 5.74. The molecule has 0 bridgehead atoms. The summed E-state index contributed by atoms with van der Waals surface area (Å²) in [6.45, 7) is 2.00. The van der Waals surface area contributed by atoms with E-state index in [-0.39, 0.29) is 14.7 Å². The van der Waals surface area contributed by atoms with Gasteiger partial charge in [0.15, 0.2) is 0 Å². The number of pyridine rings is 1. The molecular formula is C13H10N2SSe. The van der Waals surface area contributed by atoms with Gasteiger partial charge in [0.05, 0.1) is 0 Å². The summed E-state index contributed by atoms with van der Waals surface area (Å²) in [4.78, 5) is 4.54. The molecule has 0 amide bonds. The minimum atomic E-state index is 0.217. The molecule has 17 heavy (non-hydrogen) atoms. The van der Waals surface area contributed by atoms with Gasteiger partial charge in [-0.05, 0) is 0 Å². The second-order valence-electron chi connectivity index (χ2n) is 3.82. The van der Waals surface area contributed by atoms with Crippen molar-refractivity contribution in [1.29, 1.82) is 0 Å². The van der Waals surface area contributed by atoms with E-state index in [0.717, 1.165) is 16.2 Å². The number of rotatable bonds is 1. The summed E-state index contributed by atoms with van der Waals surface area (Å²) in [5.74, 6) is 0.964. The number of aromatic nitrogens is 2. The summed E-state index contributed by atoms with van der Waals surface area (Å²) in [6.07, 6.45) is 0. The number of aryl methyl sites for hydroxylation is 1. The van der Waals surface area contributed by atoms with Crippen molar-refractivity contribution >= 4 is 36.6 Å². The molecule has 0 aliphatic heterocycles. The fourth-order valence-corrected chi connectivity index (χ4v) is 4.42. The minimum absolute atomic E-state index is 0.217. The fraction of sp³-hybridized carbons (Fsp3) is 0.0769. The van der Waals surface area contributed by atoms with Gasteiger partial charge >= 0.3 is 111 Å². The first-order valence-corrected chi connectivity index (χ1v) is 7.34. The summed E-state index contributed by atoms with van der Waals surface area (Å²) in [6, 6.07) is 14.4. The van der Waals surface area contributed by atoms with Crippen LogP contribution in [-0.2, 0) is 0 Å². The van der Waals surface area contributed by atoms with Gasteiger partial charge in [0.25, 0.3) is 0 Å². The SMILES string of the molecule is Cc1cccc(-n2[se]c3ccccc3c2=S)n1. The Balaban J connectivity index is 2.31. The van der Waals surface area contributed by atoms with Crippen molar-refractivity contribution in [2.24, 2.45) is 0 Å². The summed E-state index contributed by atoms with van der Waals surface area (Å²) in [5.41, 5.74) is 1.03. The van der Waals surface area contributed by atoms with E-state index < -0.39 is 0 Å². The molecular weight excluding hydrogens is 295 g/mol. The van der Waals surface area contributed by atoms with Crippen LogP contribution in [0.4, 0.5) is 0 Å². The summed E-state index contributed by atoms with van der Waals surface area (Å²) in [7, 11) is 0. The number of benzene rings is 1. The first-order chi connectivity index (χ1) is 8.25. The molecule has 0 spiro atoms. The Morgan fingerprint density at radius 3 is 2.71 bits per heavy atom. The van der Waals surface area contributed by atoms with Crippen LogP contribution in [0.5, 0.6) is 0 Å². The molecule has 2 aromatic heterocycles. The van der Waals surface area contributed by atoms with Gasteiger partial charge < -0.3 is 0 Å². The topological polar surface area (TPSA) is 17.8 Å². The van der Waals surface area contributed by atoms with Crippen LogP contribution in [0.25, 0.3) is 15.5 Å². The Hall–Kier alpha value is -1.22. The molecule has 3 aromatic rings. The molecule has 84 valence electrons. The molecule has 3 rings (SSSR count). The summed E-state index contributed by atoms with van der Waals surface area (Å²) in [5, 5.41) is 1.19. The molecule has 1 aromatic carbocycles. The predicted molar refractivity (Wildman–Crippen MR) is 73.6 cm³/mol. The van der Waals surface area contributed by atoms with E-state index in [2.05, 4.69) is 26.7 Å². The summed E-state index contributed by atoms with van der Waals surface area (Å²) < 4.78 is 4.40. The molecule has 0 unspecified atom stereocenters. The van der Waals surface area contributed by atoms with Crippen molar-refractivity contribution in [2.75, 3.05) is 0 Å². The Morgan fingerprint density at radius 1 is 1.12 bits per heavy atom. The molecule has 2 heterocycles. The van der Waals surface area contributed by atoms with Gasteiger partial charge in [0, 0.05) is 0 Å². The van der Waals surface area contributed by atoms with Gasteiger partial charge in [0.2, 0.25) is 0 Å². The molecule has 0 fully saturated rings. The molecule has 0 N–H and O–H groups in total. The van der Waals surface area contributed by atoms with Crippen LogP contribution < -0.4 is 0 Å². The zero-order valence-electron chi connectivity index (χ0n) is 9.25. The van der Waals surface area contributed by atoms with E-state index in [1.165, 1.54) is 9.65 Å². The average Bonchev–Trinajstić information content (AvgIpc) is 2.68. The van der Waals surface area contributed by atoms with Crippen LogP contribution in [-0.4, -0.2) is 23.3 Å². The molecule has 0 atom stereocenters. The molecule has 0 aliphatic carbocycles. The van der Waals surface area contributed by atoms with Gasteiger partial charge in [-0.15, -0.1) is 0 Å². The van der Waals surface area contributed by atoms with Gasteiger partial charge in [0.1, 0.15) is 0 Å². The van der Waals surface area contributed by atoms with Gasteiger partial charge in [-0.2, -0.15) is 0 Å². The van der Waals surface area contributed by atoms with Crippen molar-refractivity contribution in [3.8, 4) is 5.82 Å². The molecule has 0 aliphatic rings. The third-order valence-electron chi connectivity index (χ3n) is 2.57. The Kier molecular flexibility index (Phi) is 2.71. The number of fused-ring (bicyclic) bond motifs is 1. The number of nitrogens with zero attached hydrogens (tertiary/aromatic N) is 2. The van der Waals surface area contributed by atoms with E-state index in [4.69, 9.17) is 12.2 Å². The van der Waals surface area contributed by atoms with Crippen molar-refractivity contribution in [1.82, 2.24) is 8.55 Å². The zero-order chi connectivity index (χ0) is 11.8. The van der Waals surface area contributed by atoms with E-state index in [1.54, 1.807) is 0 Å². The van der Waals surface area contributed by atoms with E-state index in [1.807, 2.05) is 31.2 Å². The van der Waals surface area contributed by atoms with Gasteiger partial charge in [-0.1, -0.05) is 0 Å². The zero-order valence-corrected chi connectivity index (χ0v) is 11.8. The normalized spacial score (nSPS) is 10.9. The average molecular weight is 305 g/mol. The van der Waals surface area contributed by atoms with Crippen LogP contribution in [0.3, 0.4) is 0 Å². The predicted octanol–water partition coefficient (Wildman–Crippen LogP) is 3.12. The maximum absolute atomic E-state index is 5.52. The molecule has 0 saturated heterocycles. The van der Waals surface area contributed by atoms with Crippen molar-refractivity contribution in [3.63, 3.8) is 0 Å². The Bertz CT molecular complexity index is 742. The molecule has 2 nitrogen and oxygen atoms in total. The van der Waals surface area contributed by atoms with Gasteiger partial charge in [-0.25, -0.2) is 0 Å². The van der Waals surface area contributed by atoms with E-state index in [9.17, 15) is 0 Å². The molecule has 0 saturated carbocycles. The monoisotopic (exact) mass is 306 g/mol. The van der Waals surface area contributed by atoms with Crippen LogP contribution >= 0.6 is 12.2 Å². The molecule has 0 radical (unpaired) electrons. The molecule has 4 heteroatoms. The second kappa shape index (κ2) is 4.22. The first kappa shape index (κ1) is 10.9. The second-order valence-corrected chi connectivity index (χ2v) is 6.28. The quantitative estimate of drug-likeness (QED) is 0.508. The third kappa shape index (κ3) is 1.89. The van der Waals surface area contributed by atoms with Crippen LogP contribution in [0.1, 0.15) is 5.69 Å². The number of hydrogen-bond acceptors (Lipinski definition) is 2. The number of hydrogen-bond donors (Lipinski definition) is 0. The van der Waals surface area contributed by atoms with Crippen LogP contribution in [0, 0.1) is 11.6 Å². The van der Waals surface area contributed by atoms with Crippen LogP contribution in [0.2, 0.25) is 0 Å². The van der Waals surface area contributed by atoms with E-state index in [0.29, 0.717) is 0 Å². The van der Waals surface area contributed by atoms with E-state index >= 15 is 0 Å². The third-order valence-corrected chi connectivity index (χ3v) is 5.55. The van der Waals surface area contributed by atoms with Crippen molar-refractivity contribution < 1.29 is 0 Å². The standard InChI is InChI=1S/C13H10N2SSe/c1-9-5-4-8-12(14-9)15-13(16)10-6-2-3-7-11(10)17-15/h2-8H,1H3. The first-order valence-electron chi connectivity index (χ1n) is 5.31. The maximum atomic E-state index is 5.52.